The maximum Gasteiger partial charge on any atom is 0.433 e. The topological polar surface area (TPSA) is 20.3 Å². The Hall–Kier alpha value is -1.52. The number of rotatable bonds is 1. The summed E-state index contributed by atoms with van der Waals surface area (Å²) in [6.45, 7) is 0. The molecule has 2 nitrogen and oxygen atoms in total. The van der Waals surface area contributed by atoms with Crippen LogP contribution < -0.4 is 5.12 Å². The summed E-state index contributed by atoms with van der Waals surface area (Å²) >= 11 is 0. The minimum Gasteiger partial charge on any atom is -0.231 e. The van der Waals surface area contributed by atoms with Crippen LogP contribution in [-0.4, -0.2) is 6.16 Å². The first-order valence-corrected chi connectivity index (χ1v) is 3.03. The largest absolute Gasteiger partial charge is 0.433 e. The molecule has 1 rings (SSSR count). The van der Waals surface area contributed by atoms with E-state index < -0.39 is 22.8 Å². The van der Waals surface area contributed by atoms with E-state index in [0.717, 1.165) is 12.1 Å². The summed E-state index contributed by atoms with van der Waals surface area (Å²) in [5.74, 6) is -0.994. The molecule has 0 unspecified atom stereocenters. The second-order valence-corrected chi connectivity index (χ2v) is 1.99. The number of nitrogens with zero attached hydrogens (tertiary/aromatic N) is 1. The van der Waals surface area contributed by atoms with Gasteiger partial charge in [-0.15, -0.1) is 9.51 Å². The smallest absolute Gasteiger partial charge is 0.231 e. The highest BCUT2D eigenvalue weighted by Gasteiger charge is 2.17. The average molecular weight is 175 g/mol. The second-order valence-electron chi connectivity index (χ2n) is 1.99. The van der Waals surface area contributed by atoms with Crippen LogP contribution in [0.15, 0.2) is 24.3 Å². The molecule has 1 amide bonds. The van der Waals surface area contributed by atoms with Crippen LogP contribution in [0.3, 0.4) is 0 Å². The van der Waals surface area contributed by atoms with E-state index in [-0.39, 0.29) is 0 Å². The Bertz CT molecular complexity index is 302. The van der Waals surface area contributed by atoms with Crippen molar-refractivity contribution >= 4 is 11.8 Å². The van der Waals surface area contributed by atoms with Gasteiger partial charge in [-0.3, -0.25) is 0 Å². The van der Waals surface area contributed by atoms with Crippen LogP contribution in [-0.2, 0) is 0 Å². The minimum absolute atomic E-state index is 0.731. The predicted molar refractivity (Wildman–Crippen MR) is 36.5 cm³/mol. The van der Waals surface area contributed by atoms with Crippen molar-refractivity contribution in [3.05, 3.63) is 30.1 Å². The Balaban J connectivity index is 3.02. The minimum atomic E-state index is -2.35. The fourth-order valence-corrected chi connectivity index (χ4v) is 0.706. The number of hydrogen-bond donors (Lipinski definition) is 0. The molecule has 0 fully saturated rings. The zero-order chi connectivity index (χ0) is 9.14. The van der Waals surface area contributed by atoms with Crippen molar-refractivity contribution in [1.82, 2.24) is 0 Å². The van der Waals surface area contributed by atoms with Crippen LogP contribution in [0.2, 0.25) is 0 Å². The number of amides is 1. The summed E-state index contributed by atoms with van der Waals surface area (Å²) in [7, 11) is 0. The maximum atomic E-state index is 12.6. The van der Waals surface area contributed by atoms with Crippen LogP contribution in [0.4, 0.5) is 23.7 Å². The van der Waals surface area contributed by atoms with Crippen LogP contribution in [0.5, 0.6) is 0 Å². The lowest BCUT2D eigenvalue weighted by atomic mass is 10.3. The van der Waals surface area contributed by atoms with Gasteiger partial charge < -0.3 is 0 Å². The Morgan fingerprint density at radius 2 is 1.92 bits per heavy atom. The number of benzene rings is 1. The Labute approximate surface area is 66.1 Å². The first-order chi connectivity index (χ1) is 5.63. The van der Waals surface area contributed by atoms with E-state index in [4.69, 9.17) is 0 Å². The van der Waals surface area contributed by atoms with Gasteiger partial charge in [0.2, 0.25) is 0 Å². The Morgan fingerprint density at radius 3 is 2.42 bits per heavy atom. The third-order valence-electron chi connectivity index (χ3n) is 1.22. The predicted octanol–water partition coefficient (Wildman–Crippen LogP) is 2.61. The lowest BCUT2D eigenvalue weighted by Gasteiger charge is -2.06. The van der Waals surface area contributed by atoms with E-state index in [1.165, 1.54) is 12.1 Å². The van der Waals surface area contributed by atoms with E-state index >= 15 is 0 Å². The summed E-state index contributed by atoms with van der Waals surface area (Å²) in [5, 5.41) is -0.894. The lowest BCUT2D eigenvalue weighted by molar-refractivity contribution is 0.213. The zero-order valence-corrected chi connectivity index (χ0v) is 5.80. The van der Waals surface area contributed by atoms with Gasteiger partial charge in [-0.05, 0) is 12.1 Å². The molecule has 0 heterocycles. The highest BCUT2D eigenvalue weighted by molar-refractivity contribution is 5.84. The normalized spacial score (nSPS) is 9.58. The molecular weight excluding hydrogens is 171 g/mol. The number of carbonyl (C=O) groups is 1. The van der Waals surface area contributed by atoms with Gasteiger partial charge in [0, 0.05) is 0 Å². The van der Waals surface area contributed by atoms with E-state index in [1.807, 2.05) is 0 Å². The second kappa shape index (κ2) is 3.25. The number of para-hydroxylation sites is 1. The highest BCUT2D eigenvalue weighted by atomic mass is 19.2. The summed E-state index contributed by atoms with van der Waals surface area (Å²) in [6.07, 6.45) is -2.35. The maximum absolute atomic E-state index is 12.6. The van der Waals surface area contributed by atoms with Gasteiger partial charge in [0.05, 0.1) is 0 Å². The third kappa shape index (κ3) is 1.55. The van der Waals surface area contributed by atoms with Crippen molar-refractivity contribution in [2.45, 2.75) is 0 Å². The molecule has 64 valence electrons. The molecule has 0 saturated carbocycles. The molecular formula is C7H4F3NO. The van der Waals surface area contributed by atoms with Gasteiger partial charge >= 0.3 is 6.16 Å². The molecule has 12 heavy (non-hydrogen) atoms. The van der Waals surface area contributed by atoms with Crippen molar-refractivity contribution < 1.29 is 18.1 Å². The van der Waals surface area contributed by atoms with Crippen LogP contribution in [0.25, 0.3) is 0 Å². The molecule has 0 N–H and O–H groups in total. The molecule has 5 heteroatoms. The van der Waals surface area contributed by atoms with Gasteiger partial charge in [0.15, 0.2) is 0 Å². The number of hydrogen-bond acceptors (Lipinski definition) is 1. The van der Waals surface area contributed by atoms with Crippen LogP contribution >= 0.6 is 0 Å². The molecule has 0 spiro atoms. The van der Waals surface area contributed by atoms with Crippen molar-refractivity contribution in [2.24, 2.45) is 0 Å². The van der Waals surface area contributed by atoms with E-state index in [2.05, 4.69) is 0 Å². The van der Waals surface area contributed by atoms with Crippen molar-refractivity contribution in [2.75, 3.05) is 5.12 Å². The standard InChI is InChI=1S/C7H4F3NO/c8-5-3-1-2-4-6(5)11(10)7(9)12/h1-4H. The number of carbonyl (C=O) groups excluding carboxylic acids is 1. The molecule has 0 aromatic heterocycles. The van der Waals surface area contributed by atoms with Crippen LogP contribution in [0, 0.1) is 5.82 Å². The molecule has 1 aromatic carbocycles. The fourth-order valence-electron chi connectivity index (χ4n) is 0.706. The quantitative estimate of drug-likeness (QED) is 0.365. The molecule has 0 bridgehead atoms. The zero-order valence-electron chi connectivity index (χ0n) is 5.80. The fraction of sp³-hybridized carbons (Fsp3) is 0. The summed E-state index contributed by atoms with van der Waals surface area (Å²) in [5.41, 5.74) is -0.731. The van der Waals surface area contributed by atoms with E-state index in [0.29, 0.717) is 0 Å². The van der Waals surface area contributed by atoms with Gasteiger partial charge in [0.1, 0.15) is 11.5 Å². The SMILES string of the molecule is O=C(F)N(F)c1ccccc1F. The van der Waals surface area contributed by atoms with E-state index in [9.17, 15) is 18.1 Å². The Kier molecular flexibility index (Phi) is 2.32. The summed E-state index contributed by atoms with van der Waals surface area (Å²) in [4.78, 5) is 9.81. The van der Waals surface area contributed by atoms with Crippen molar-refractivity contribution in [3.63, 3.8) is 0 Å². The van der Waals surface area contributed by atoms with Gasteiger partial charge in [0.25, 0.3) is 0 Å². The summed E-state index contributed by atoms with van der Waals surface area (Å²) < 4.78 is 36.7. The first kappa shape index (κ1) is 8.58. The van der Waals surface area contributed by atoms with Gasteiger partial charge in [-0.2, -0.15) is 0 Å². The van der Waals surface area contributed by atoms with Crippen LogP contribution in [0.1, 0.15) is 0 Å². The molecule has 1 aromatic rings. The molecule has 0 radical (unpaired) electrons. The molecule has 0 aliphatic carbocycles. The molecule has 0 atom stereocenters. The number of anilines is 1. The highest BCUT2D eigenvalue weighted by Crippen LogP contribution is 2.19. The summed E-state index contributed by atoms with van der Waals surface area (Å²) in [6, 6.07) is 4.46. The lowest BCUT2D eigenvalue weighted by Crippen LogP contribution is -2.16. The monoisotopic (exact) mass is 175 g/mol. The molecule has 0 saturated heterocycles. The molecule has 0 aliphatic heterocycles. The first-order valence-electron chi connectivity index (χ1n) is 3.03. The average Bonchev–Trinajstić information content (AvgIpc) is 2.04. The number of halogens is 3. The van der Waals surface area contributed by atoms with E-state index in [1.54, 1.807) is 0 Å². The van der Waals surface area contributed by atoms with Crippen molar-refractivity contribution in [1.29, 1.82) is 0 Å². The van der Waals surface area contributed by atoms with Gasteiger partial charge in [-0.25, -0.2) is 9.18 Å². The van der Waals surface area contributed by atoms with Gasteiger partial charge in [-0.1, -0.05) is 16.6 Å². The molecule has 0 aliphatic rings. The Morgan fingerprint density at radius 1 is 1.33 bits per heavy atom. The third-order valence-corrected chi connectivity index (χ3v) is 1.22. The van der Waals surface area contributed by atoms with Crippen molar-refractivity contribution in [3.8, 4) is 0 Å².